The number of hydrogen-bond donors (Lipinski definition) is 1. The standard InChI is InChI=1S/C10H23N3O2S/c1-11-9-5-7-10(8-6-9)13(4)16(14,15)12(2)3/h9-11H,5-8H2,1-4H3. The summed E-state index contributed by atoms with van der Waals surface area (Å²) in [6.07, 6.45) is 3.98. The Bertz CT molecular complexity index is 308. The van der Waals surface area contributed by atoms with Gasteiger partial charge in [-0.05, 0) is 32.7 Å². The monoisotopic (exact) mass is 249 g/mol. The molecule has 16 heavy (non-hydrogen) atoms. The molecule has 0 unspecified atom stereocenters. The first-order valence-corrected chi connectivity index (χ1v) is 7.12. The SMILES string of the molecule is CNC1CCC(N(C)S(=O)(=O)N(C)C)CC1. The van der Waals surface area contributed by atoms with Gasteiger partial charge in [-0.2, -0.15) is 17.0 Å². The molecule has 1 aliphatic carbocycles. The van der Waals surface area contributed by atoms with Crippen LogP contribution in [0.25, 0.3) is 0 Å². The van der Waals surface area contributed by atoms with E-state index in [0.717, 1.165) is 25.7 Å². The molecule has 1 aliphatic rings. The van der Waals surface area contributed by atoms with E-state index in [4.69, 9.17) is 0 Å². The predicted octanol–water partition coefficient (Wildman–Crippen LogP) is 0.255. The van der Waals surface area contributed by atoms with Gasteiger partial charge in [0.2, 0.25) is 0 Å². The van der Waals surface area contributed by atoms with Gasteiger partial charge in [-0.3, -0.25) is 0 Å². The fourth-order valence-corrected chi connectivity index (χ4v) is 3.28. The van der Waals surface area contributed by atoms with Crippen LogP contribution < -0.4 is 5.32 Å². The Labute approximate surface area is 99.0 Å². The van der Waals surface area contributed by atoms with Crippen LogP contribution in [0.1, 0.15) is 25.7 Å². The molecule has 0 spiro atoms. The molecule has 96 valence electrons. The molecule has 6 heteroatoms. The smallest absolute Gasteiger partial charge is 0.281 e. The summed E-state index contributed by atoms with van der Waals surface area (Å²) in [5, 5.41) is 3.25. The lowest BCUT2D eigenvalue weighted by Crippen LogP contribution is -2.46. The highest BCUT2D eigenvalue weighted by atomic mass is 32.2. The number of nitrogens with one attached hydrogen (secondary N) is 1. The van der Waals surface area contributed by atoms with E-state index in [1.54, 1.807) is 21.1 Å². The minimum absolute atomic E-state index is 0.150. The highest BCUT2D eigenvalue weighted by Gasteiger charge is 2.31. The molecule has 0 saturated heterocycles. The minimum Gasteiger partial charge on any atom is -0.317 e. The van der Waals surface area contributed by atoms with Crippen molar-refractivity contribution in [2.75, 3.05) is 28.2 Å². The van der Waals surface area contributed by atoms with Crippen LogP contribution in [0.15, 0.2) is 0 Å². The van der Waals surface area contributed by atoms with Crippen molar-refractivity contribution in [2.24, 2.45) is 0 Å². The summed E-state index contributed by atoms with van der Waals surface area (Å²) in [6, 6.07) is 0.698. The Balaban J connectivity index is 2.60. The van der Waals surface area contributed by atoms with E-state index in [0.29, 0.717) is 6.04 Å². The maximum absolute atomic E-state index is 11.9. The summed E-state index contributed by atoms with van der Waals surface area (Å²) >= 11 is 0. The third-order valence-corrected chi connectivity index (χ3v) is 5.39. The molecule has 5 nitrogen and oxygen atoms in total. The van der Waals surface area contributed by atoms with Crippen LogP contribution in [0.3, 0.4) is 0 Å². The highest BCUT2D eigenvalue weighted by Crippen LogP contribution is 2.24. The summed E-state index contributed by atoms with van der Waals surface area (Å²) in [6.45, 7) is 0. The average molecular weight is 249 g/mol. The van der Waals surface area contributed by atoms with Gasteiger partial charge >= 0.3 is 0 Å². The van der Waals surface area contributed by atoms with E-state index in [1.165, 1.54) is 8.61 Å². The molecule has 0 aromatic rings. The highest BCUT2D eigenvalue weighted by molar-refractivity contribution is 7.86. The van der Waals surface area contributed by atoms with Gasteiger partial charge in [-0.1, -0.05) is 0 Å². The fourth-order valence-electron chi connectivity index (χ4n) is 2.17. The van der Waals surface area contributed by atoms with E-state index in [9.17, 15) is 8.42 Å². The van der Waals surface area contributed by atoms with Gasteiger partial charge < -0.3 is 5.32 Å². The van der Waals surface area contributed by atoms with Crippen molar-refractivity contribution in [3.05, 3.63) is 0 Å². The van der Waals surface area contributed by atoms with Gasteiger partial charge in [0.05, 0.1) is 0 Å². The van der Waals surface area contributed by atoms with Crippen LogP contribution in [0, 0.1) is 0 Å². The lowest BCUT2D eigenvalue weighted by atomic mass is 9.91. The minimum atomic E-state index is -3.25. The number of hydrogen-bond acceptors (Lipinski definition) is 3. The quantitative estimate of drug-likeness (QED) is 0.777. The van der Waals surface area contributed by atoms with Crippen molar-refractivity contribution in [3.8, 4) is 0 Å². The second-order valence-corrected chi connectivity index (χ2v) is 6.80. The molecule has 0 amide bonds. The van der Waals surface area contributed by atoms with Gasteiger partial charge in [0.25, 0.3) is 10.2 Å². The Hall–Kier alpha value is -0.170. The second kappa shape index (κ2) is 5.44. The molecule has 1 saturated carbocycles. The summed E-state index contributed by atoms with van der Waals surface area (Å²) in [4.78, 5) is 0. The van der Waals surface area contributed by atoms with Crippen LogP contribution in [0.5, 0.6) is 0 Å². The van der Waals surface area contributed by atoms with Gasteiger partial charge in [0, 0.05) is 33.2 Å². The van der Waals surface area contributed by atoms with Gasteiger partial charge in [-0.15, -0.1) is 0 Å². The molecule has 0 aromatic heterocycles. The van der Waals surface area contributed by atoms with Crippen LogP contribution in [-0.4, -0.2) is 57.3 Å². The summed E-state index contributed by atoms with van der Waals surface area (Å²) in [7, 11) is 3.54. The molecule has 0 heterocycles. The average Bonchev–Trinajstić information content (AvgIpc) is 2.28. The van der Waals surface area contributed by atoms with Crippen LogP contribution in [0.4, 0.5) is 0 Å². The summed E-state index contributed by atoms with van der Waals surface area (Å²) in [5.41, 5.74) is 0. The van der Waals surface area contributed by atoms with Crippen molar-refractivity contribution in [2.45, 2.75) is 37.8 Å². The Kier molecular flexibility index (Phi) is 4.73. The van der Waals surface area contributed by atoms with E-state index >= 15 is 0 Å². The largest absolute Gasteiger partial charge is 0.317 e. The van der Waals surface area contributed by atoms with E-state index < -0.39 is 10.2 Å². The van der Waals surface area contributed by atoms with Gasteiger partial charge in [0.1, 0.15) is 0 Å². The third kappa shape index (κ3) is 2.94. The molecule has 0 aliphatic heterocycles. The van der Waals surface area contributed by atoms with Crippen molar-refractivity contribution in [1.29, 1.82) is 0 Å². The van der Waals surface area contributed by atoms with E-state index in [-0.39, 0.29) is 6.04 Å². The molecular weight excluding hydrogens is 226 g/mol. The second-order valence-electron chi connectivity index (χ2n) is 4.60. The lowest BCUT2D eigenvalue weighted by molar-refractivity contribution is 0.246. The molecular formula is C10H23N3O2S. The first-order valence-electron chi connectivity index (χ1n) is 5.72. The van der Waals surface area contributed by atoms with Crippen molar-refractivity contribution in [3.63, 3.8) is 0 Å². The maximum Gasteiger partial charge on any atom is 0.281 e. The zero-order valence-electron chi connectivity index (χ0n) is 10.6. The molecule has 1 rings (SSSR count). The first kappa shape index (κ1) is 13.9. The van der Waals surface area contributed by atoms with Crippen LogP contribution in [0.2, 0.25) is 0 Å². The van der Waals surface area contributed by atoms with E-state index in [1.807, 2.05) is 7.05 Å². The van der Waals surface area contributed by atoms with Crippen LogP contribution in [-0.2, 0) is 10.2 Å². The molecule has 1 fully saturated rings. The Morgan fingerprint density at radius 1 is 1.06 bits per heavy atom. The zero-order valence-corrected chi connectivity index (χ0v) is 11.4. The number of nitrogens with zero attached hydrogens (tertiary/aromatic N) is 2. The van der Waals surface area contributed by atoms with Crippen molar-refractivity contribution in [1.82, 2.24) is 13.9 Å². The predicted molar refractivity (Wildman–Crippen MR) is 65.5 cm³/mol. The fraction of sp³-hybridized carbons (Fsp3) is 1.00. The lowest BCUT2D eigenvalue weighted by Gasteiger charge is -2.34. The Morgan fingerprint density at radius 3 is 1.94 bits per heavy atom. The Morgan fingerprint density at radius 2 is 1.56 bits per heavy atom. The molecule has 1 N–H and O–H groups in total. The van der Waals surface area contributed by atoms with E-state index in [2.05, 4.69) is 5.32 Å². The van der Waals surface area contributed by atoms with Gasteiger partial charge in [-0.25, -0.2) is 0 Å². The van der Waals surface area contributed by atoms with Crippen molar-refractivity contribution < 1.29 is 8.42 Å². The molecule has 0 radical (unpaired) electrons. The third-order valence-electron chi connectivity index (χ3n) is 3.44. The van der Waals surface area contributed by atoms with Crippen molar-refractivity contribution >= 4 is 10.2 Å². The van der Waals surface area contributed by atoms with Crippen LogP contribution >= 0.6 is 0 Å². The van der Waals surface area contributed by atoms with Gasteiger partial charge in [0.15, 0.2) is 0 Å². The molecule has 0 aromatic carbocycles. The maximum atomic E-state index is 11.9. The first-order chi connectivity index (χ1) is 7.39. The molecule has 0 atom stereocenters. The normalized spacial score (nSPS) is 27.6. The summed E-state index contributed by atoms with van der Waals surface area (Å²) < 4.78 is 26.6. The molecule has 0 bridgehead atoms. The zero-order chi connectivity index (χ0) is 12.3. The topological polar surface area (TPSA) is 52.7 Å². The number of rotatable bonds is 4. The summed E-state index contributed by atoms with van der Waals surface area (Å²) in [5.74, 6) is 0.